The van der Waals surface area contributed by atoms with E-state index in [4.69, 9.17) is 4.74 Å². The van der Waals surface area contributed by atoms with E-state index >= 15 is 0 Å². The fraction of sp³-hybridized carbons (Fsp3) is 0.344. The highest BCUT2D eigenvalue weighted by molar-refractivity contribution is 5.94. The summed E-state index contributed by atoms with van der Waals surface area (Å²) in [5.41, 5.74) is 3.08. The van der Waals surface area contributed by atoms with Crippen molar-refractivity contribution in [3.05, 3.63) is 84.2 Å². The zero-order valence-corrected chi connectivity index (χ0v) is 24.3. The zero-order chi connectivity index (χ0) is 30.1. The fourth-order valence-electron chi connectivity index (χ4n) is 4.69. The topological polar surface area (TPSA) is 94.2 Å². The molecule has 0 saturated carbocycles. The number of ether oxygens (including phenoxy) is 1. The van der Waals surface area contributed by atoms with E-state index in [0.717, 1.165) is 17.0 Å². The lowest BCUT2D eigenvalue weighted by Gasteiger charge is -2.36. The Bertz CT molecular complexity index is 1340. The molecule has 222 valence electrons. The third-order valence-corrected chi connectivity index (χ3v) is 6.98. The van der Waals surface area contributed by atoms with Gasteiger partial charge in [-0.3, -0.25) is 9.59 Å². The Labute approximate surface area is 246 Å². The third-order valence-electron chi connectivity index (χ3n) is 6.98. The number of methoxy groups -OCH3 is 1. The molecule has 3 aromatic carbocycles. The summed E-state index contributed by atoms with van der Waals surface area (Å²) in [6.07, 6.45) is 0.319. The highest BCUT2D eigenvalue weighted by Gasteiger charge is 2.22. The third kappa shape index (κ3) is 8.70. The smallest absolute Gasteiger partial charge is 0.321 e. The molecule has 0 atom stereocenters. The zero-order valence-electron chi connectivity index (χ0n) is 24.3. The highest BCUT2D eigenvalue weighted by Crippen LogP contribution is 2.21. The van der Waals surface area contributed by atoms with Gasteiger partial charge < -0.3 is 30.1 Å². The molecule has 9 nitrogen and oxygen atoms in total. The molecule has 4 amide bonds. The van der Waals surface area contributed by atoms with Crippen LogP contribution in [0.4, 0.5) is 26.2 Å². The lowest BCUT2D eigenvalue weighted by molar-refractivity contribution is -0.136. The van der Waals surface area contributed by atoms with Crippen LogP contribution in [-0.4, -0.2) is 67.5 Å². The summed E-state index contributed by atoms with van der Waals surface area (Å²) in [5.74, 6) is 0.0912. The Hall–Kier alpha value is -4.60. The molecule has 2 N–H and O–H groups in total. The van der Waals surface area contributed by atoms with Crippen molar-refractivity contribution in [3.63, 3.8) is 0 Å². The van der Waals surface area contributed by atoms with Gasteiger partial charge >= 0.3 is 6.03 Å². The number of carbonyl (C=O) groups is 3. The van der Waals surface area contributed by atoms with Gasteiger partial charge in [0.15, 0.2) is 0 Å². The molecule has 0 bridgehead atoms. The number of urea groups is 1. The summed E-state index contributed by atoms with van der Waals surface area (Å²) in [7, 11) is 1.60. The summed E-state index contributed by atoms with van der Waals surface area (Å²) in [5, 5.41) is 5.80. The predicted molar refractivity (Wildman–Crippen MR) is 162 cm³/mol. The van der Waals surface area contributed by atoms with E-state index in [2.05, 4.69) is 15.5 Å². The Balaban J connectivity index is 1.28. The molecule has 0 aliphatic carbocycles. The largest absolute Gasteiger partial charge is 0.497 e. The van der Waals surface area contributed by atoms with Gasteiger partial charge in [-0.1, -0.05) is 26.0 Å². The summed E-state index contributed by atoms with van der Waals surface area (Å²) in [6, 6.07) is 20.5. The Morgan fingerprint density at radius 3 is 2.05 bits per heavy atom. The molecule has 1 aliphatic heterocycles. The minimum atomic E-state index is -0.350. The standard InChI is InChI=1S/C32H38FN5O4/c1-23(2)20-31(40)38(21-24-4-6-25(33)7-5-24)22-30(39)34-26-8-12-28(13-9-26)36-16-18-37(19-17-36)32(41)35-27-10-14-29(42-3)15-11-27/h4-15,23H,16-22H2,1-3H3,(H,34,39)(H,35,41). The maximum Gasteiger partial charge on any atom is 0.321 e. The molecular weight excluding hydrogens is 537 g/mol. The second-order valence-corrected chi connectivity index (χ2v) is 10.7. The van der Waals surface area contributed by atoms with Crippen molar-refractivity contribution in [1.82, 2.24) is 9.80 Å². The maximum atomic E-state index is 13.3. The van der Waals surface area contributed by atoms with Crippen molar-refractivity contribution in [2.75, 3.05) is 55.4 Å². The molecule has 0 unspecified atom stereocenters. The summed E-state index contributed by atoms with van der Waals surface area (Å²) in [4.78, 5) is 43.9. The van der Waals surface area contributed by atoms with Crippen molar-refractivity contribution >= 4 is 34.9 Å². The van der Waals surface area contributed by atoms with Gasteiger partial charge in [-0.05, 0) is 72.1 Å². The number of piperazine rings is 1. The summed E-state index contributed by atoms with van der Waals surface area (Å²) in [6.45, 7) is 6.53. The van der Waals surface area contributed by atoms with Crippen LogP contribution in [0.5, 0.6) is 5.75 Å². The number of amides is 4. The summed E-state index contributed by atoms with van der Waals surface area (Å²) >= 11 is 0. The van der Waals surface area contributed by atoms with Crippen LogP contribution in [0.3, 0.4) is 0 Å². The number of benzene rings is 3. The molecule has 10 heteroatoms. The number of nitrogens with one attached hydrogen (secondary N) is 2. The van der Waals surface area contributed by atoms with Gasteiger partial charge in [0.2, 0.25) is 11.8 Å². The van der Waals surface area contributed by atoms with Crippen LogP contribution in [0.25, 0.3) is 0 Å². The second kappa shape index (κ2) is 14.3. The average molecular weight is 576 g/mol. The van der Waals surface area contributed by atoms with E-state index in [1.807, 2.05) is 38.1 Å². The highest BCUT2D eigenvalue weighted by atomic mass is 19.1. The maximum absolute atomic E-state index is 13.3. The van der Waals surface area contributed by atoms with Gasteiger partial charge in [0.25, 0.3) is 0 Å². The monoisotopic (exact) mass is 575 g/mol. The molecule has 1 fully saturated rings. The molecular formula is C32H38FN5O4. The van der Waals surface area contributed by atoms with Gasteiger partial charge in [-0.15, -0.1) is 0 Å². The minimum Gasteiger partial charge on any atom is -0.497 e. The first kappa shape index (κ1) is 30.4. The lowest BCUT2D eigenvalue weighted by atomic mass is 10.1. The first-order valence-corrected chi connectivity index (χ1v) is 14.1. The van der Waals surface area contributed by atoms with Crippen LogP contribution in [0.1, 0.15) is 25.8 Å². The number of anilines is 3. The van der Waals surface area contributed by atoms with Gasteiger partial charge in [-0.2, -0.15) is 0 Å². The normalized spacial score (nSPS) is 13.1. The van der Waals surface area contributed by atoms with E-state index in [1.165, 1.54) is 17.0 Å². The number of hydrogen-bond donors (Lipinski definition) is 2. The number of rotatable bonds is 10. The lowest BCUT2D eigenvalue weighted by Crippen LogP contribution is -2.50. The van der Waals surface area contributed by atoms with Crippen LogP contribution < -0.4 is 20.3 Å². The molecule has 3 aromatic rings. The van der Waals surface area contributed by atoms with Gasteiger partial charge in [0.05, 0.1) is 7.11 Å². The van der Waals surface area contributed by atoms with Crippen molar-refractivity contribution < 1.29 is 23.5 Å². The van der Waals surface area contributed by atoms with Gasteiger partial charge in [0.1, 0.15) is 18.1 Å². The molecule has 0 radical (unpaired) electrons. The van der Waals surface area contributed by atoms with Crippen molar-refractivity contribution in [1.29, 1.82) is 0 Å². The molecule has 1 heterocycles. The van der Waals surface area contributed by atoms with E-state index < -0.39 is 0 Å². The number of carbonyl (C=O) groups excluding carboxylic acids is 3. The summed E-state index contributed by atoms with van der Waals surface area (Å²) < 4.78 is 18.5. The number of halogens is 1. The molecule has 4 rings (SSSR count). The minimum absolute atomic E-state index is 0.106. The number of hydrogen-bond acceptors (Lipinski definition) is 5. The molecule has 1 aliphatic rings. The number of nitrogens with zero attached hydrogens (tertiary/aromatic N) is 3. The Kier molecular flexibility index (Phi) is 10.4. The Morgan fingerprint density at radius 2 is 1.45 bits per heavy atom. The van der Waals surface area contributed by atoms with E-state index in [0.29, 0.717) is 44.0 Å². The van der Waals surface area contributed by atoms with Crippen molar-refractivity contribution in [3.8, 4) is 5.75 Å². The van der Waals surface area contributed by atoms with Gasteiger partial charge in [0, 0.05) is 56.2 Å². The first-order chi connectivity index (χ1) is 20.2. The van der Waals surface area contributed by atoms with Crippen LogP contribution in [0.15, 0.2) is 72.8 Å². The van der Waals surface area contributed by atoms with E-state index in [-0.39, 0.29) is 42.7 Å². The first-order valence-electron chi connectivity index (χ1n) is 14.1. The molecule has 0 aromatic heterocycles. The Morgan fingerprint density at radius 1 is 0.857 bits per heavy atom. The SMILES string of the molecule is COc1ccc(NC(=O)N2CCN(c3ccc(NC(=O)CN(Cc4ccc(F)cc4)C(=O)CC(C)C)cc3)CC2)cc1. The van der Waals surface area contributed by atoms with E-state index in [9.17, 15) is 18.8 Å². The molecule has 0 spiro atoms. The van der Waals surface area contributed by atoms with Gasteiger partial charge in [-0.25, -0.2) is 9.18 Å². The van der Waals surface area contributed by atoms with E-state index in [1.54, 1.807) is 48.4 Å². The average Bonchev–Trinajstić information content (AvgIpc) is 2.98. The van der Waals surface area contributed by atoms with Crippen LogP contribution in [0.2, 0.25) is 0 Å². The molecule has 42 heavy (non-hydrogen) atoms. The van der Waals surface area contributed by atoms with Crippen LogP contribution in [0, 0.1) is 11.7 Å². The molecule has 1 saturated heterocycles. The fourth-order valence-corrected chi connectivity index (χ4v) is 4.69. The second-order valence-electron chi connectivity index (χ2n) is 10.7. The predicted octanol–water partition coefficient (Wildman–Crippen LogP) is 5.20. The van der Waals surface area contributed by atoms with Crippen molar-refractivity contribution in [2.45, 2.75) is 26.8 Å². The van der Waals surface area contributed by atoms with Crippen molar-refractivity contribution in [2.24, 2.45) is 5.92 Å². The van der Waals surface area contributed by atoms with Crippen LogP contribution >= 0.6 is 0 Å². The van der Waals surface area contributed by atoms with Crippen LogP contribution in [-0.2, 0) is 16.1 Å². The quantitative estimate of drug-likeness (QED) is 0.347.